The lowest BCUT2D eigenvalue weighted by molar-refractivity contribution is -0.144. The highest BCUT2D eigenvalue weighted by Crippen LogP contribution is 2.29. The molecule has 0 saturated heterocycles. The summed E-state index contributed by atoms with van der Waals surface area (Å²) in [5, 5.41) is 2.54. The van der Waals surface area contributed by atoms with Crippen molar-refractivity contribution in [1.82, 2.24) is 15.0 Å². The number of alkyl halides is 3. The smallest absolute Gasteiger partial charge is 0.362 e. The van der Waals surface area contributed by atoms with Crippen LogP contribution in [0.2, 0.25) is 5.15 Å². The van der Waals surface area contributed by atoms with Crippen LogP contribution < -0.4 is 5.32 Å². The van der Waals surface area contributed by atoms with Crippen molar-refractivity contribution >= 4 is 17.4 Å². The van der Waals surface area contributed by atoms with E-state index in [4.69, 9.17) is 11.6 Å². The second kappa shape index (κ2) is 5.62. The minimum Gasteiger partial charge on any atom is -0.362 e. The van der Waals surface area contributed by atoms with Gasteiger partial charge in [-0.25, -0.2) is 9.97 Å². The van der Waals surface area contributed by atoms with Gasteiger partial charge in [0.25, 0.3) is 0 Å². The molecule has 106 valence electrons. The van der Waals surface area contributed by atoms with Crippen LogP contribution in [0.5, 0.6) is 0 Å². The van der Waals surface area contributed by atoms with Crippen molar-refractivity contribution in [2.24, 2.45) is 0 Å². The minimum absolute atomic E-state index is 0.00419. The zero-order chi connectivity index (χ0) is 14.8. The van der Waals surface area contributed by atoms with Crippen LogP contribution in [0.4, 0.5) is 19.0 Å². The first-order valence-corrected chi connectivity index (χ1v) is 6.03. The molecule has 0 radical (unpaired) electrons. The van der Waals surface area contributed by atoms with Gasteiger partial charge in [-0.05, 0) is 19.1 Å². The van der Waals surface area contributed by atoms with Crippen LogP contribution in [0.1, 0.15) is 24.5 Å². The summed E-state index contributed by atoms with van der Waals surface area (Å²) >= 11 is 5.58. The van der Waals surface area contributed by atoms with E-state index in [1.165, 1.54) is 6.07 Å². The van der Waals surface area contributed by atoms with E-state index in [0.29, 0.717) is 5.69 Å². The summed E-state index contributed by atoms with van der Waals surface area (Å²) in [7, 11) is 0. The number of pyridine rings is 1. The number of hydrogen-bond donors (Lipinski definition) is 1. The first-order valence-electron chi connectivity index (χ1n) is 5.65. The first kappa shape index (κ1) is 14.5. The van der Waals surface area contributed by atoms with Crippen molar-refractivity contribution in [3.05, 3.63) is 47.1 Å². The number of anilines is 1. The predicted octanol–water partition coefficient (Wildman–Crippen LogP) is 3.72. The maximum absolute atomic E-state index is 12.6. The van der Waals surface area contributed by atoms with Crippen molar-refractivity contribution in [3.63, 3.8) is 0 Å². The number of nitrogens with one attached hydrogen (secondary N) is 1. The van der Waals surface area contributed by atoms with E-state index in [2.05, 4.69) is 20.3 Å². The van der Waals surface area contributed by atoms with Gasteiger partial charge in [0.05, 0.1) is 11.7 Å². The Morgan fingerprint density at radius 2 is 2.00 bits per heavy atom. The Bertz CT molecular complexity index is 589. The Labute approximate surface area is 118 Å². The molecule has 0 saturated carbocycles. The third-order valence-corrected chi connectivity index (χ3v) is 2.64. The topological polar surface area (TPSA) is 50.7 Å². The van der Waals surface area contributed by atoms with E-state index in [9.17, 15) is 13.2 Å². The SMILES string of the molecule is CC(Nc1cc(Cl)nc(C(F)(F)F)n1)c1ccccn1. The van der Waals surface area contributed by atoms with Gasteiger partial charge in [-0.3, -0.25) is 4.98 Å². The van der Waals surface area contributed by atoms with E-state index in [-0.39, 0.29) is 17.0 Å². The fourth-order valence-electron chi connectivity index (χ4n) is 1.55. The molecule has 0 aromatic carbocycles. The van der Waals surface area contributed by atoms with Crippen LogP contribution in [0.3, 0.4) is 0 Å². The lowest BCUT2D eigenvalue weighted by Crippen LogP contribution is -2.15. The maximum atomic E-state index is 12.6. The lowest BCUT2D eigenvalue weighted by Gasteiger charge is -2.15. The molecule has 1 unspecified atom stereocenters. The van der Waals surface area contributed by atoms with Crippen molar-refractivity contribution in [2.45, 2.75) is 19.1 Å². The van der Waals surface area contributed by atoms with Gasteiger partial charge in [-0.1, -0.05) is 17.7 Å². The molecule has 0 aliphatic rings. The molecule has 2 aromatic rings. The molecule has 8 heteroatoms. The standard InChI is InChI=1S/C12H10ClF3N4/c1-7(8-4-2-3-5-17-8)18-10-6-9(13)19-11(20-10)12(14,15)16/h2-7H,1H3,(H,18,19,20). The monoisotopic (exact) mass is 302 g/mol. The van der Waals surface area contributed by atoms with Crippen LogP contribution in [-0.2, 0) is 6.18 Å². The fourth-order valence-corrected chi connectivity index (χ4v) is 1.73. The Morgan fingerprint density at radius 3 is 2.60 bits per heavy atom. The maximum Gasteiger partial charge on any atom is 0.451 e. The van der Waals surface area contributed by atoms with Crippen molar-refractivity contribution in [1.29, 1.82) is 0 Å². The molecule has 4 nitrogen and oxygen atoms in total. The van der Waals surface area contributed by atoms with Gasteiger partial charge in [0.1, 0.15) is 11.0 Å². The van der Waals surface area contributed by atoms with Crippen molar-refractivity contribution in [2.75, 3.05) is 5.32 Å². The quantitative estimate of drug-likeness (QED) is 0.878. The molecule has 1 atom stereocenters. The Hall–Kier alpha value is -1.89. The average Bonchev–Trinajstić information content (AvgIpc) is 2.38. The summed E-state index contributed by atoms with van der Waals surface area (Å²) in [6.07, 6.45) is -3.04. The highest BCUT2D eigenvalue weighted by atomic mass is 35.5. The molecule has 1 N–H and O–H groups in total. The van der Waals surface area contributed by atoms with Gasteiger partial charge >= 0.3 is 6.18 Å². The van der Waals surface area contributed by atoms with Crippen LogP contribution in [0, 0.1) is 0 Å². The fraction of sp³-hybridized carbons (Fsp3) is 0.250. The number of hydrogen-bond acceptors (Lipinski definition) is 4. The number of aromatic nitrogens is 3. The Kier molecular flexibility index (Phi) is 4.08. The van der Waals surface area contributed by atoms with Gasteiger partial charge < -0.3 is 5.32 Å². The molecule has 0 amide bonds. The second-order valence-electron chi connectivity index (χ2n) is 4.02. The molecule has 2 aromatic heterocycles. The molecular weight excluding hydrogens is 293 g/mol. The van der Waals surface area contributed by atoms with Crippen LogP contribution in [0.25, 0.3) is 0 Å². The summed E-state index contributed by atoms with van der Waals surface area (Å²) in [5.74, 6) is -1.28. The Morgan fingerprint density at radius 1 is 1.25 bits per heavy atom. The number of nitrogens with zero attached hydrogens (tertiary/aromatic N) is 3. The zero-order valence-electron chi connectivity index (χ0n) is 10.3. The normalized spacial score (nSPS) is 13.1. The van der Waals surface area contributed by atoms with Gasteiger partial charge in [0.2, 0.25) is 5.82 Å². The molecule has 0 spiro atoms. The second-order valence-corrected chi connectivity index (χ2v) is 4.41. The van der Waals surface area contributed by atoms with Crippen molar-refractivity contribution < 1.29 is 13.2 Å². The molecule has 0 bridgehead atoms. The summed E-state index contributed by atoms with van der Waals surface area (Å²) < 4.78 is 37.8. The largest absolute Gasteiger partial charge is 0.451 e. The van der Waals surface area contributed by atoms with Crippen LogP contribution in [0.15, 0.2) is 30.5 Å². The van der Waals surface area contributed by atoms with Crippen molar-refractivity contribution in [3.8, 4) is 0 Å². The molecule has 20 heavy (non-hydrogen) atoms. The first-order chi connectivity index (χ1) is 9.36. The third-order valence-electron chi connectivity index (χ3n) is 2.44. The van der Waals surface area contributed by atoms with E-state index in [0.717, 1.165) is 0 Å². The van der Waals surface area contributed by atoms with Gasteiger partial charge in [0, 0.05) is 12.3 Å². The summed E-state index contributed by atoms with van der Waals surface area (Å²) in [6, 6.07) is 6.21. The highest BCUT2D eigenvalue weighted by Gasteiger charge is 2.35. The Balaban J connectivity index is 2.24. The van der Waals surface area contributed by atoms with Crippen LogP contribution in [-0.4, -0.2) is 15.0 Å². The zero-order valence-corrected chi connectivity index (χ0v) is 11.1. The summed E-state index contributed by atoms with van der Waals surface area (Å²) in [5.41, 5.74) is 0.677. The van der Waals surface area contributed by atoms with E-state index in [1.807, 2.05) is 0 Å². The lowest BCUT2D eigenvalue weighted by atomic mass is 10.2. The number of rotatable bonds is 3. The summed E-state index contributed by atoms with van der Waals surface area (Å²) in [4.78, 5) is 10.7. The van der Waals surface area contributed by atoms with Gasteiger partial charge in [-0.2, -0.15) is 13.2 Å². The third kappa shape index (κ3) is 3.57. The van der Waals surface area contributed by atoms with Gasteiger partial charge in [-0.15, -0.1) is 0 Å². The van der Waals surface area contributed by atoms with Crippen LogP contribution >= 0.6 is 11.6 Å². The minimum atomic E-state index is -4.64. The van der Waals surface area contributed by atoms with Gasteiger partial charge in [0.15, 0.2) is 0 Å². The highest BCUT2D eigenvalue weighted by molar-refractivity contribution is 6.29. The molecular formula is C12H10ClF3N4. The van der Waals surface area contributed by atoms with E-state index >= 15 is 0 Å². The predicted molar refractivity (Wildman–Crippen MR) is 68.3 cm³/mol. The average molecular weight is 303 g/mol. The van der Waals surface area contributed by atoms with E-state index in [1.54, 1.807) is 31.3 Å². The van der Waals surface area contributed by atoms with E-state index < -0.39 is 12.0 Å². The molecule has 2 rings (SSSR count). The summed E-state index contributed by atoms with van der Waals surface area (Å²) in [6.45, 7) is 1.76. The molecule has 0 aliphatic heterocycles. The number of halogens is 4. The molecule has 0 fully saturated rings. The molecule has 0 aliphatic carbocycles. The molecule has 2 heterocycles.